The maximum Gasteiger partial charge on any atom is 0.218 e. The molecule has 1 saturated heterocycles. The van der Waals surface area contributed by atoms with Crippen LogP contribution in [0.15, 0.2) is 42.9 Å². The molecule has 8 heteroatoms. The summed E-state index contributed by atoms with van der Waals surface area (Å²) in [6, 6.07) is 9.41. The van der Waals surface area contributed by atoms with Gasteiger partial charge >= 0.3 is 0 Å². The number of nitrogens with one attached hydrogen (secondary N) is 1. The summed E-state index contributed by atoms with van der Waals surface area (Å²) in [6.45, 7) is 0.991. The van der Waals surface area contributed by atoms with E-state index in [1.807, 2.05) is 30.3 Å². The largest absolute Gasteiger partial charge is 0.366 e. The Kier molecular flexibility index (Phi) is 5.33. The molecule has 1 fully saturated rings. The molecule has 128 valence electrons. The summed E-state index contributed by atoms with van der Waals surface area (Å²) in [5.74, 6) is 0.640. The third-order valence-electron chi connectivity index (χ3n) is 4.05. The van der Waals surface area contributed by atoms with E-state index in [2.05, 4.69) is 15.3 Å². The van der Waals surface area contributed by atoms with Crippen LogP contribution in [0.3, 0.4) is 0 Å². The van der Waals surface area contributed by atoms with E-state index >= 15 is 0 Å². The Hall–Kier alpha value is -1.70. The van der Waals surface area contributed by atoms with Crippen molar-refractivity contribution in [2.45, 2.75) is 24.6 Å². The van der Waals surface area contributed by atoms with E-state index in [9.17, 15) is 8.42 Å². The number of rotatable bonds is 5. The molecule has 2 aromatic rings. The maximum absolute atomic E-state index is 12.5. The molecule has 0 aliphatic carbocycles. The fraction of sp³-hybridized carbons (Fsp3) is 0.375. The molecule has 24 heavy (non-hydrogen) atoms. The molecule has 2 heterocycles. The first kappa shape index (κ1) is 17.1. The Morgan fingerprint density at radius 1 is 1.21 bits per heavy atom. The Labute approximate surface area is 146 Å². The van der Waals surface area contributed by atoms with Crippen molar-refractivity contribution in [1.29, 1.82) is 0 Å². The zero-order valence-corrected chi connectivity index (χ0v) is 14.7. The lowest BCUT2D eigenvalue weighted by molar-refractivity contribution is 0.329. The summed E-state index contributed by atoms with van der Waals surface area (Å²) in [7, 11) is -3.29. The fourth-order valence-corrected chi connectivity index (χ4v) is 4.49. The lowest BCUT2D eigenvalue weighted by Crippen LogP contribution is -2.42. The zero-order chi connectivity index (χ0) is 17.0. The van der Waals surface area contributed by atoms with Gasteiger partial charge in [0, 0.05) is 19.1 Å². The highest BCUT2D eigenvalue weighted by molar-refractivity contribution is 7.88. The van der Waals surface area contributed by atoms with Gasteiger partial charge in [0.2, 0.25) is 10.0 Å². The van der Waals surface area contributed by atoms with Gasteiger partial charge in [0.05, 0.1) is 11.9 Å². The van der Waals surface area contributed by atoms with Crippen LogP contribution in [-0.4, -0.2) is 41.8 Å². The second kappa shape index (κ2) is 7.46. The first-order valence-corrected chi connectivity index (χ1v) is 9.77. The van der Waals surface area contributed by atoms with Crippen molar-refractivity contribution < 1.29 is 8.42 Å². The van der Waals surface area contributed by atoms with Crippen LogP contribution in [0.25, 0.3) is 0 Å². The van der Waals surface area contributed by atoms with Crippen LogP contribution in [0, 0.1) is 0 Å². The summed E-state index contributed by atoms with van der Waals surface area (Å²) in [6.07, 6.45) is 4.41. The molecule has 0 atom stereocenters. The molecular weight excluding hydrogens is 348 g/mol. The molecule has 0 unspecified atom stereocenters. The van der Waals surface area contributed by atoms with Gasteiger partial charge < -0.3 is 5.32 Å². The standard InChI is InChI=1S/C16H19ClN4O2S/c17-15-10-18-12-19-16(15)20-14-6-8-21(9-7-14)24(22,23)11-13-4-2-1-3-5-13/h1-5,10,12,14H,6-9,11H2,(H,18,19,20). The summed E-state index contributed by atoms with van der Waals surface area (Å²) >= 11 is 6.04. The second-order valence-corrected chi connectivity index (χ2v) is 8.15. The predicted molar refractivity (Wildman–Crippen MR) is 94.3 cm³/mol. The monoisotopic (exact) mass is 366 g/mol. The third kappa shape index (κ3) is 4.23. The Balaban J connectivity index is 1.57. The van der Waals surface area contributed by atoms with Gasteiger partial charge in [-0.25, -0.2) is 22.7 Å². The molecule has 0 saturated carbocycles. The van der Waals surface area contributed by atoms with Gasteiger partial charge in [0.1, 0.15) is 17.2 Å². The van der Waals surface area contributed by atoms with Gasteiger partial charge in [-0.1, -0.05) is 41.9 Å². The van der Waals surface area contributed by atoms with Crippen molar-refractivity contribution in [2.24, 2.45) is 0 Å². The minimum atomic E-state index is -3.29. The number of benzene rings is 1. The number of piperidine rings is 1. The van der Waals surface area contributed by atoms with Gasteiger partial charge in [0.15, 0.2) is 0 Å². The molecule has 0 radical (unpaired) electrons. The van der Waals surface area contributed by atoms with Crippen molar-refractivity contribution in [3.63, 3.8) is 0 Å². The van der Waals surface area contributed by atoms with Crippen LogP contribution in [0.4, 0.5) is 5.82 Å². The lowest BCUT2D eigenvalue weighted by Gasteiger charge is -2.32. The Morgan fingerprint density at radius 3 is 2.58 bits per heavy atom. The third-order valence-corrected chi connectivity index (χ3v) is 6.17. The van der Waals surface area contributed by atoms with Crippen LogP contribution in [-0.2, 0) is 15.8 Å². The van der Waals surface area contributed by atoms with E-state index < -0.39 is 10.0 Å². The molecule has 1 N–H and O–H groups in total. The number of anilines is 1. The fourth-order valence-electron chi connectivity index (χ4n) is 2.77. The van der Waals surface area contributed by atoms with Gasteiger partial charge in [-0.05, 0) is 18.4 Å². The number of halogens is 1. The van der Waals surface area contributed by atoms with Gasteiger partial charge in [0.25, 0.3) is 0 Å². The summed E-state index contributed by atoms with van der Waals surface area (Å²) in [5, 5.41) is 3.74. The second-order valence-electron chi connectivity index (χ2n) is 5.78. The molecule has 0 amide bonds. The zero-order valence-electron chi connectivity index (χ0n) is 13.1. The summed E-state index contributed by atoms with van der Waals surface area (Å²) in [4.78, 5) is 7.96. The number of aromatic nitrogens is 2. The molecule has 6 nitrogen and oxygen atoms in total. The predicted octanol–water partition coefficient (Wildman–Crippen LogP) is 2.54. The highest BCUT2D eigenvalue weighted by Gasteiger charge is 2.28. The van der Waals surface area contributed by atoms with Crippen LogP contribution < -0.4 is 5.32 Å². The van der Waals surface area contributed by atoms with Crippen LogP contribution >= 0.6 is 11.6 Å². The molecule has 1 aliphatic heterocycles. The molecular formula is C16H19ClN4O2S. The van der Waals surface area contributed by atoms with E-state index in [1.54, 1.807) is 4.31 Å². The lowest BCUT2D eigenvalue weighted by atomic mass is 10.1. The maximum atomic E-state index is 12.5. The van der Waals surface area contributed by atoms with E-state index in [0.717, 1.165) is 5.56 Å². The SMILES string of the molecule is O=S(=O)(Cc1ccccc1)N1CCC(Nc2ncncc2Cl)CC1. The average Bonchev–Trinajstić information content (AvgIpc) is 2.58. The Morgan fingerprint density at radius 2 is 1.92 bits per heavy atom. The van der Waals surface area contributed by atoms with Crippen molar-refractivity contribution in [3.05, 3.63) is 53.4 Å². The van der Waals surface area contributed by atoms with Gasteiger partial charge in [-0.15, -0.1) is 0 Å². The van der Waals surface area contributed by atoms with Crippen molar-refractivity contribution in [1.82, 2.24) is 14.3 Å². The highest BCUT2D eigenvalue weighted by Crippen LogP contribution is 2.23. The number of nitrogens with zero attached hydrogens (tertiary/aromatic N) is 3. The number of hydrogen-bond acceptors (Lipinski definition) is 5. The van der Waals surface area contributed by atoms with Crippen LogP contribution in [0.5, 0.6) is 0 Å². The summed E-state index contributed by atoms with van der Waals surface area (Å²) in [5.41, 5.74) is 0.811. The van der Waals surface area contributed by atoms with Gasteiger partial charge in [-0.3, -0.25) is 0 Å². The molecule has 1 aromatic heterocycles. The molecule has 0 spiro atoms. The van der Waals surface area contributed by atoms with Crippen LogP contribution in [0.2, 0.25) is 5.02 Å². The molecule has 1 aliphatic rings. The first-order valence-electron chi connectivity index (χ1n) is 7.78. The van der Waals surface area contributed by atoms with E-state index in [0.29, 0.717) is 36.8 Å². The Bertz CT molecular complexity index is 778. The van der Waals surface area contributed by atoms with E-state index in [-0.39, 0.29) is 11.8 Å². The summed E-state index contributed by atoms with van der Waals surface area (Å²) < 4.78 is 26.6. The highest BCUT2D eigenvalue weighted by atomic mass is 35.5. The molecule has 1 aromatic carbocycles. The molecule has 0 bridgehead atoms. The minimum absolute atomic E-state index is 0.0453. The smallest absolute Gasteiger partial charge is 0.218 e. The van der Waals surface area contributed by atoms with Gasteiger partial charge in [-0.2, -0.15) is 0 Å². The quantitative estimate of drug-likeness (QED) is 0.880. The normalized spacial score (nSPS) is 16.9. The number of sulfonamides is 1. The average molecular weight is 367 g/mol. The molecule has 3 rings (SSSR count). The van der Waals surface area contributed by atoms with Crippen molar-refractivity contribution in [2.75, 3.05) is 18.4 Å². The van der Waals surface area contributed by atoms with Crippen molar-refractivity contribution in [3.8, 4) is 0 Å². The van der Waals surface area contributed by atoms with Crippen LogP contribution in [0.1, 0.15) is 18.4 Å². The number of hydrogen-bond donors (Lipinski definition) is 1. The minimum Gasteiger partial charge on any atom is -0.366 e. The first-order chi connectivity index (χ1) is 11.5. The van der Waals surface area contributed by atoms with E-state index in [1.165, 1.54) is 12.5 Å². The van der Waals surface area contributed by atoms with Crippen molar-refractivity contribution >= 4 is 27.4 Å². The van der Waals surface area contributed by atoms with E-state index in [4.69, 9.17) is 11.6 Å². The topological polar surface area (TPSA) is 75.2 Å².